The maximum atomic E-state index is 11.5. The van der Waals surface area contributed by atoms with Gasteiger partial charge in [-0.05, 0) is 30.4 Å². The molecule has 1 amide bonds. The summed E-state index contributed by atoms with van der Waals surface area (Å²) in [6.07, 6.45) is 2.20. The predicted octanol–water partition coefficient (Wildman–Crippen LogP) is 2.24. The second-order valence-electron chi connectivity index (χ2n) is 4.72. The summed E-state index contributed by atoms with van der Waals surface area (Å²) in [6.45, 7) is 5.56. The molecule has 1 rings (SSSR count). The lowest BCUT2D eigenvalue weighted by Crippen LogP contribution is -2.30. The number of benzene rings is 1. The predicted molar refractivity (Wildman–Crippen MR) is 71.8 cm³/mol. The Balaban J connectivity index is 2.44. The fourth-order valence-electron chi connectivity index (χ4n) is 1.72. The van der Waals surface area contributed by atoms with E-state index >= 15 is 0 Å². The largest absolute Gasteiger partial charge is 0.377 e. The van der Waals surface area contributed by atoms with Gasteiger partial charge in [-0.1, -0.05) is 32.0 Å². The minimum absolute atomic E-state index is 0.281. The standard InChI is InChI=1S/C14H22N2O2/c1-11(2)6-5-9-18-10-12-7-3-4-8-13(12)14(17)16-15/h3-4,7-8,11H,5-6,9-10,15H2,1-2H3,(H,16,17). The van der Waals surface area contributed by atoms with E-state index in [0.29, 0.717) is 18.1 Å². The summed E-state index contributed by atoms with van der Waals surface area (Å²) in [5.41, 5.74) is 3.58. The number of ether oxygens (including phenoxy) is 1. The van der Waals surface area contributed by atoms with Gasteiger partial charge < -0.3 is 4.74 Å². The van der Waals surface area contributed by atoms with Crippen molar-refractivity contribution in [3.05, 3.63) is 35.4 Å². The van der Waals surface area contributed by atoms with Crippen molar-refractivity contribution < 1.29 is 9.53 Å². The molecule has 0 spiro atoms. The molecule has 0 saturated carbocycles. The van der Waals surface area contributed by atoms with Crippen molar-refractivity contribution in [2.45, 2.75) is 33.3 Å². The van der Waals surface area contributed by atoms with Crippen molar-refractivity contribution in [2.75, 3.05) is 6.61 Å². The molecule has 1 aromatic rings. The Bertz CT molecular complexity index is 378. The lowest BCUT2D eigenvalue weighted by atomic mass is 10.1. The van der Waals surface area contributed by atoms with Crippen molar-refractivity contribution in [2.24, 2.45) is 11.8 Å². The molecule has 3 N–H and O–H groups in total. The van der Waals surface area contributed by atoms with Crippen LogP contribution in [0.5, 0.6) is 0 Å². The van der Waals surface area contributed by atoms with Crippen LogP contribution in [0.4, 0.5) is 0 Å². The maximum Gasteiger partial charge on any atom is 0.265 e. The topological polar surface area (TPSA) is 64.3 Å². The van der Waals surface area contributed by atoms with Crippen LogP contribution in [-0.2, 0) is 11.3 Å². The molecule has 0 heterocycles. The first-order chi connectivity index (χ1) is 8.65. The third kappa shape index (κ3) is 4.85. The number of nitrogens with one attached hydrogen (secondary N) is 1. The van der Waals surface area contributed by atoms with Gasteiger partial charge in [-0.2, -0.15) is 0 Å². The summed E-state index contributed by atoms with van der Waals surface area (Å²) in [7, 11) is 0. The highest BCUT2D eigenvalue weighted by molar-refractivity contribution is 5.95. The molecule has 100 valence electrons. The Morgan fingerprint density at radius 2 is 2.11 bits per heavy atom. The Labute approximate surface area is 108 Å². The van der Waals surface area contributed by atoms with Crippen molar-refractivity contribution in [1.29, 1.82) is 0 Å². The molecule has 0 unspecified atom stereocenters. The molecule has 0 aliphatic rings. The molecule has 0 aliphatic carbocycles. The Hall–Kier alpha value is -1.39. The minimum Gasteiger partial charge on any atom is -0.377 e. The molecule has 4 heteroatoms. The Morgan fingerprint density at radius 1 is 1.39 bits per heavy atom. The summed E-state index contributed by atoms with van der Waals surface area (Å²) in [6, 6.07) is 7.33. The van der Waals surface area contributed by atoms with E-state index in [4.69, 9.17) is 10.6 Å². The average Bonchev–Trinajstić information content (AvgIpc) is 2.37. The first-order valence-electron chi connectivity index (χ1n) is 6.31. The fourth-order valence-corrected chi connectivity index (χ4v) is 1.72. The van der Waals surface area contributed by atoms with Crippen molar-refractivity contribution in [3.8, 4) is 0 Å². The molecule has 4 nitrogen and oxygen atoms in total. The van der Waals surface area contributed by atoms with Gasteiger partial charge in [0, 0.05) is 12.2 Å². The van der Waals surface area contributed by atoms with E-state index in [1.54, 1.807) is 6.07 Å². The van der Waals surface area contributed by atoms with Gasteiger partial charge in [0.25, 0.3) is 5.91 Å². The number of hydrogen-bond donors (Lipinski definition) is 2. The third-order valence-electron chi connectivity index (χ3n) is 2.72. The summed E-state index contributed by atoms with van der Waals surface area (Å²) >= 11 is 0. The first kappa shape index (κ1) is 14.7. The SMILES string of the molecule is CC(C)CCCOCc1ccccc1C(=O)NN. The van der Waals surface area contributed by atoms with Crippen molar-refractivity contribution in [1.82, 2.24) is 5.43 Å². The summed E-state index contributed by atoms with van der Waals surface area (Å²) in [4.78, 5) is 11.5. The third-order valence-corrected chi connectivity index (χ3v) is 2.72. The Morgan fingerprint density at radius 3 is 2.78 bits per heavy atom. The van der Waals surface area contributed by atoms with E-state index < -0.39 is 0 Å². The smallest absolute Gasteiger partial charge is 0.265 e. The lowest BCUT2D eigenvalue weighted by Gasteiger charge is -2.09. The molecule has 0 aliphatic heterocycles. The van der Waals surface area contributed by atoms with Gasteiger partial charge in [-0.3, -0.25) is 10.2 Å². The first-order valence-corrected chi connectivity index (χ1v) is 6.31. The molecular formula is C14H22N2O2. The van der Waals surface area contributed by atoms with Gasteiger partial charge in [-0.15, -0.1) is 0 Å². The number of nitrogens with two attached hydrogens (primary N) is 1. The van der Waals surface area contributed by atoms with E-state index in [2.05, 4.69) is 19.3 Å². The van der Waals surface area contributed by atoms with Crippen LogP contribution in [0.1, 0.15) is 42.6 Å². The van der Waals surface area contributed by atoms with Crippen LogP contribution in [0.15, 0.2) is 24.3 Å². The summed E-state index contributed by atoms with van der Waals surface area (Å²) in [5.74, 6) is 5.56. The molecule has 0 atom stereocenters. The highest BCUT2D eigenvalue weighted by atomic mass is 16.5. The number of carbonyl (C=O) groups excluding carboxylic acids is 1. The van der Waals surface area contributed by atoms with Gasteiger partial charge in [-0.25, -0.2) is 5.84 Å². The second kappa shape index (κ2) is 7.84. The normalized spacial score (nSPS) is 10.7. The minimum atomic E-state index is -0.281. The number of hydrazine groups is 1. The van der Waals surface area contributed by atoms with Crippen LogP contribution in [0.3, 0.4) is 0 Å². The van der Waals surface area contributed by atoms with Crippen LogP contribution < -0.4 is 11.3 Å². The average molecular weight is 250 g/mol. The van der Waals surface area contributed by atoms with Gasteiger partial charge >= 0.3 is 0 Å². The van der Waals surface area contributed by atoms with Crippen LogP contribution >= 0.6 is 0 Å². The molecule has 18 heavy (non-hydrogen) atoms. The zero-order valence-electron chi connectivity index (χ0n) is 11.1. The maximum absolute atomic E-state index is 11.5. The second-order valence-corrected chi connectivity index (χ2v) is 4.72. The number of amides is 1. The zero-order valence-corrected chi connectivity index (χ0v) is 11.1. The van der Waals surface area contributed by atoms with Crippen LogP contribution in [0.25, 0.3) is 0 Å². The number of hydrogen-bond acceptors (Lipinski definition) is 3. The van der Waals surface area contributed by atoms with E-state index in [1.165, 1.54) is 0 Å². The van der Waals surface area contributed by atoms with Gasteiger partial charge in [0.15, 0.2) is 0 Å². The van der Waals surface area contributed by atoms with E-state index in [-0.39, 0.29) is 5.91 Å². The highest BCUT2D eigenvalue weighted by Crippen LogP contribution is 2.11. The monoisotopic (exact) mass is 250 g/mol. The van der Waals surface area contributed by atoms with Gasteiger partial charge in [0.2, 0.25) is 0 Å². The number of carbonyl (C=O) groups is 1. The molecule has 0 aromatic heterocycles. The van der Waals surface area contributed by atoms with Crippen LogP contribution in [0.2, 0.25) is 0 Å². The number of rotatable bonds is 7. The molecule has 0 fully saturated rings. The van der Waals surface area contributed by atoms with E-state index in [1.807, 2.05) is 18.2 Å². The molecule has 0 bridgehead atoms. The molecular weight excluding hydrogens is 228 g/mol. The van der Waals surface area contributed by atoms with Crippen LogP contribution in [-0.4, -0.2) is 12.5 Å². The highest BCUT2D eigenvalue weighted by Gasteiger charge is 2.08. The van der Waals surface area contributed by atoms with Crippen molar-refractivity contribution >= 4 is 5.91 Å². The summed E-state index contributed by atoms with van der Waals surface area (Å²) < 4.78 is 5.58. The van der Waals surface area contributed by atoms with Crippen LogP contribution in [0, 0.1) is 5.92 Å². The van der Waals surface area contributed by atoms with E-state index in [0.717, 1.165) is 25.0 Å². The zero-order chi connectivity index (χ0) is 13.4. The fraction of sp³-hybridized carbons (Fsp3) is 0.500. The Kier molecular flexibility index (Phi) is 6.39. The number of nitrogen functional groups attached to an aromatic ring is 1. The quantitative estimate of drug-likeness (QED) is 0.337. The van der Waals surface area contributed by atoms with Gasteiger partial charge in [0.1, 0.15) is 0 Å². The van der Waals surface area contributed by atoms with E-state index in [9.17, 15) is 4.79 Å². The molecule has 0 radical (unpaired) electrons. The molecule has 0 saturated heterocycles. The molecule has 1 aromatic carbocycles. The lowest BCUT2D eigenvalue weighted by molar-refractivity contribution is 0.0936. The van der Waals surface area contributed by atoms with Gasteiger partial charge in [0.05, 0.1) is 6.61 Å². The summed E-state index contributed by atoms with van der Waals surface area (Å²) in [5, 5.41) is 0. The van der Waals surface area contributed by atoms with Crippen molar-refractivity contribution in [3.63, 3.8) is 0 Å².